The minimum Gasteiger partial charge on any atom is -0.393 e. The van der Waals surface area contributed by atoms with Gasteiger partial charge in [-0.15, -0.1) is 0 Å². The van der Waals surface area contributed by atoms with Crippen LogP contribution in [0.5, 0.6) is 0 Å². The molecule has 1 saturated carbocycles. The number of aliphatic hydroxyl groups excluding tert-OH is 1. The summed E-state index contributed by atoms with van der Waals surface area (Å²) in [5.74, 6) is 0.536. The molecule has 0 amide bonds. The van der Waals surface area contributed by atoms with E-state index in [4.69, 9.17) is 0 Å². The van der Waals surface area contributed by atoms with Gasteiger partial charge in [-0.25, -0.2) is 4.39 Å². The van der Waals surface area contributed by atoms with Crippen LogP contribution in [0.25, 0.3) is 0 Å². The van der Waals surface area contributed by atoms with Crippen LogP contribution >= 0.6 is 0 Å². The van der Waals surface area contributed by atoms with Crippen LogP contribution < -0.4 is 5.32 Å². The number of rotatable bonds is 3. The molecule has 1 aromatic carbocycles. The number of halogens is 1. The van der Waals surface area contributed by atoms with Gasteiger partial charge in [0.25, 0.3) is 0 Å². The molecule has 0 aromatic heterocycles. The maximum atomic E-state index is 13.5. The number of hydrogen-bond acceptors (Lipinski definition) is 2. The molecule has 0 saturated heterocycles. The van der Waals surface area contributed by atoms with Crippen LogP contribution in [-0.4, -0.2) is 17.8 Å². The minimum absolute atomic E-state index is 0.0640. The Kier molecular flexibility index (Phi) is 2.89. The fraction of sp³-hybridized carbons (Fsp3) is 0.571. The van der Waals surface area contributed by atoms with Crippen LogP contribution in [0, 0.1) is 11.7 Å². The normalized spacial score (nSPS) is 31.1. The molecule has 0 radical (unpaired) electrons. The van der Waals surface area contributed by atoms with E-state index in [9.17, 15) is 9.50 Å². The van der Waals surface area contributed by atoms with E-state index in [2.05, 4.69) is 5.32 Å². The summed E-state index contributed by atoms with van der Waals surface area (Å²) in [5.41, 5.74) is 2.02. The minimum atomic E-state index is -0.0879. The molecule has 17 heavy (non-hydrogen) atoms. The van der Waals surface area contributed by atoms with Gasteiger partial charge >= 0.3 is 0 Å². The Morgan fingerprint density at radius 2 is 2.18 bits per heavy atom. The van der Waals surface area contributed by atoms with E-state index < -0.39 is 0 Å². The van der Waals surface area contributed by atoms with Crippen LogP contribution in [-0.2, 0) is 6.42 Å². The lowest BCUT2D eigenvalue weighted by molar-refractivity contribution is 0.0418. The van der Waals surface area contributed by atoms with Crippen molar-refractivity contribution >= 4 is 0 Å². The van der Waals surface area contributed by atoms with Gasteiger partial charge < -0.3 is 10.4 Å². The highest BCUT2D eigenvalue weighted by molar-refractivity contribution is 5.35. The van der Waals surface area contributed by atoms with Gasteiger partial charge in [0.05, 0.1) is 6.10 Å². The third-order valence-electron chi connectivity index (χ3n) is 4.08. The number of benzene rings is 1. The van der Waals surface area contributed by atoms with Gasteiger partial charge in [0.1, 0.15) is 5.82 Å². The SMILES string of the molecule is OC1CC(CNC2CCc3c(F)cccc32)C1. The molecule has 1 atom stereocenters. The molecule has 0 spiro atoms. The van der Waals surface area contributed by atoms with Crippen molar-refractivity contribution in [2.24, 2.45) is 5.92 Å². The van der Waals surface area contributed by atoms with Crippen molar-refractivity contribution in [3.8, 4) is 0 Å². The smallest absolute Gasteiger partial charge is 0.126 e. The second kappa shape index (κ2) is 4.39. The van der Waals surface area contributed by atoms with Crippen molar-refractivity contribution in [2.75, 3.05) is 6.54 Å². The fourth-order valence-corrected chi connectivity index (χ4v) is 3.00. The molecule has 2 aliphatic carbocycles. The first kappa shape index (κ1) is 11.2. The fourth-order valence-electron chi connectivity index (χ4n) is 3.00. The molecule has 92 valence electrons. The van der Waals surface area contributed by atoms with Gasteiger partial charge in [0.2, 0.25) is 0 Å². The Balaban J connectivity index is 1.62. The first-order chi connectivity index (χ1) is 8.24. The summed E-state index contributed by atoms with van der Waals surface area (Å²) in [6, 6.07) is 5.67. The predicted octanol–water partition coefficient (Wildman–Crippen LogP) is 2.17. The van der Waals surface area contributed by atoms with Crippen molar-refractivity contribution in [1.82, 2.24) is 5.32 Å². The number of hydrogen-bond donors (Lipinski definition) is 2. The molecule has 2 aliphatic rings. The van der Waals surface area contributed by atoms with Crippen LogP contribution in [0.4, 0.5) is 4.39 Å². The van der Waals surface area contributed by atoms with E-state index in [1.54, 1.807) is 12.1 Å². The van der Waals surface area contributed by atoms with Gasteiger partial charge in [-0.2, -0.15) is 0 Å². The van der Waals surface area contributed by atoms with E-state index in [0.717, 1.165) is 43.4 Å². The Labute approximate surface area is 101 Å². The molecule has 0 heterocycles. The molecular weight excluding hydrogens is 217 g/mol. The lowest BCUT2D eigenvalue weighted by Crippen LogP contribution is -2.37. The monoisotopic (exact) mass is 235 g/mol. The lowest BCUT2D eigenvalue weighted by Gasteiger charge is -2.32. The molecule has 0 bridgehead atoms. The largest absolute Gasteiger partial charge is 0.393 e. The highest BCUT2D eigenvalue weighted by atomic mass is 19.1. The Hall–Kier alpha value is -0.930. The van der Waals surface area contributed by atoms with Crippen LogP contribution in [0.2, 0.25) is 0 Å². The van der Waals surface area contributed by atoms with Crippen LogP contribution in [0.3, 0.4) is 0 Å². The van der Waals surface area contributed by atoms with Crippen molar-refractivity contribution in [3.05, 3.63) is 35.1 Å². The lowest BCUT2D eigenvalue weighted by atomic mass is 9.82. The summed E-state index contributed by atoms with van der Waals surface area (Å²) in [6.07, 6.45) is 3.57. The van der Waals surface area contributed by atoms with Crippen LogP contribution in [0.15, 0.2) is 18.2 Å². The van der Waals surface area contributed by atoms with E-state index in [0.29, 0.717) is 12.0 Å². The molecule has 3 heteroatoms. The first-order valence-electron chi connectivity index (χ1n) is 6.43. The molecule has 2 N–H and O–H groups in total. The standard InChI is InChI=1S/C14H18FNO/c15-13-3-1-2-12-11(13)4-5-14(12)16-8-9-6-10(17)7-9/h1-3,9-10,14,16-17H,4-8H2. The van der Waals surface area contributed by atoms with Crippen molar-refractivity contribution in [1.29, 1.82) is 0 Å². The summed E-state index contributed by atoms with van der Waals surface area (Å²) in [7, 11) is 0. The number of nitrogens with one attached hydrogen (secondary N) is 1. The summed E-state index contributed by atoms with van der Waals surface area (Å²) in [4.78, 5) is 0. The molecular formula is C14H18FNO. The summed E-state index contributed by atoms with van der Waals surface area (Å²) >= 11 is 0. The Morgan fingerprint density at radius 3 is 2.94 bits per heavy atom. The molecule has 2 nitrogen and oxygen atoms in total. The van der Waals surface area contributed by atoms with Gasteiger partial charge in [0, 0.05) is 6.04 Å². The van der Waals surface area contributed by atoms with E-state index in [1.807, 2.05) is 6.07 Å². The quantitative estimate of drug-likeness (QED) is 0.841. The summed E-state index contributed by atoms with van der Waals surface area (Å²) < 4.78 is 13.5. The van der Waals surface area contributed by atoms with E-state index in [-0.39, 0.29) is 11.9 Å². The zero-order chi connectivity index (χ0) is 11.8. The average molecular weight is 235 g/mol. The van der Waals surface area contributed by atoms with Gasteiger partial charge in [-0.3, -0.25) is 0 Å². The van der Waals surface area contributed by atoms with E-state index >= 15 is 0 Å². The van der Waals surface area contributed by atoms with Crippen molar-refractivity contribution < 1.29 is 9.50 Å². The maximum Gasteiger partial charge on any atom is 0.126 e. The highest BCUT2D eigenvalue weighted by Gasteiger charge is 2.29. The number of aliphatic hydroxyl groups is 1. The highest BCUT2D eigenvalue weighted by Crippen LogP contribution is 2.34. The third-order valence-corrected chi connectivity index (χ3v) is 4.08. The molecule has 1 aromatic rings. The molecule has 1 unspecified atom stereocenters. The zero-order valence-electron chi connectivity index (χ0n) is 9.82. The average Bonchev–Trinajstić information content (AvgIpc) is 2.68. The summed E-state index contributed by atoms with van der Waals surface area (Å²) in [5, 5.41) is 12.7. The van der Waals surface area contributed by atoms with Gasteiger partial charge in [0.15, 0.2) is 0 Å². The predicted molar refractivity (Wildman–Crippen MR) is 64.2 cm³/mol. The molecule has 0 aliphatic heterocycles. The van der Waals surface area contributed by atoms with E-state index in [1.165, 1.54) is 0 Å². The van der Waals surface area contributed by atoms with Gasteiger partial charge in [-0.05, 0) is 55.3 Å². The zero-order valence-corrected chi connectivity index (χ0v) is 9.82. The van der Waals surface area contributed by atoms with Crippen molar-refractivity contribution in [3.63, 3.8) is 0 Å². The second-order valence-corrected chi connectivity index (χ2v) is 5.30. The van der Waals surface area contributed by atoms with Crippen molar-refractivity contribution in [2.45, 2.75) is 37.8 Å². The first-order valence-corrected chi connectivity index (χ1v) is 6.43. The number of fused-ring (bicyclic) bond motifs is 1. The third kappa shape index (κ3) is 2.09. The van der Waals surface area contributed by atoms with Gasteiger partial charge in [-0.1, -0.05) is 12.1 Å². The Morgan fingerprint density at radius 1 is 1.35 bits per heavy atom. The second-order valence-electron chi connectivity index (χ2n) is 5.30. The maximum absolute atomic E-state index is 13.5. The molecule has 1 fully saturated rings. The Bertz CT molecular complexity index is 415. The van der Waals surface area contributed by atoms with Crippen LogP contribution in [0.1, 0.15) is 36.4 Å². The molecule has 3 rings (SSSR count). The summed E-state index contributed by atoms with van der Waals surface area (Å²) in [6.45, 7) is 0.942. The topological polar surface area (TPSA) is 32.3 Å².